The van der Waals surface area contributed by atoms with Crippen molar-refractivity contribution in [1.29, 1.82) is 0 Å². The number of sulfonamides is 1. The summed E-state index contributed by atoms with van der Waals surface area (Å²) in [6.07, 6.45) is -0.434. The lowest BCUT2D eigenvalue weighted by Crippen LogP contribution is -2.51. The quantitative estimate of drug-likeness (QED) is 0.523. The van der Waals surface area contributed by atoms with Gasteiger partial charge < -0.3 is 24.6 Å². The number of benzene rings is 2. The predicted octanol–water partition coefficient (Wildman–Crippen LogP) is 1.45. The Morgan fingerprint density at radius 1 is 1.12 bits per heavy atom. The molecule has 4 rings (SSSR count). The zero-order valence-corrected chi connectivity index (χ0v) is 18.5. The third-order valence-electron chi connectivity index (χ3n) is 5.55. The van der Waals surface area contributed by atoms with Crippen LogP contribution in [0.2, 0.25) is 0 Å². The average Bonchev–Trinajstić information content (AvgIpc) is 3.26. The number of fused-ring (bicyclic) bond motifs is 1. The van der Waals surface area contributed by atoms with E-state index in [2.05, 4.69) is 10.0 Å². The highest BCUT2D eigenvalue weighted by Crippen LogP contribution is 2.32. The number of ether oxygens (including phenoxy) is 3. The summed E-state index contributed by atoms with van der Waals surface area (Å²) >= 11 is 0. The minimum absolute atomic E-state index is 0.0738. The maximum Gasteiger partial charge on any atom is 0.241 e. The molecule has 2 heterocycles. The molecule has 1 amide bonds. The number of halogens is 1. The molecule has 3 atom stereocenters. The summed E-state index contributed by atoms with van der Waals surface area (Å²) in [5.41, 5.74) is 0.859. The smallest absolute Gasteiger partial charge is 0.241 e. The van der Waals surface area contributed by atoms with Crippen LogP contribution in [0.3, 0.4) is 0 Å². The molecule has 0 saturated carbocycles. The third kappa shape index (κ3) is 5.80. The van der Waals surface area contributed by atoms with Gasteiger partial charge >= 0.3 is 0 Å². The first-order valence-electron chi connectivity index (χ1n) is 10.5. The largest absolute Gasteiger partial charge is 0.454 e. The lowest BCUT2D eigenvalue weighted by Gasteiger charge is -2.35. The van der Waals surface area contributed by atoms with Crippen molar-refractivity contribution < 1.29 is 36.9 Å². The molecule has 2 aliphatic heterocycles. The van der Waals surface area contributed by atoms with E-state index in [9.17, 15) is 22.7 Å². The summed E-state index contributed by atoms with van der Waals surface area (Å²) in [6, 6.07) is 9.40. The summed E-state index contributed by atoms with van der Waals surface area (Å²) in [6.45, 7) is 0.0584. The van der Waals surface area contributed by atoms with Gasteiger partial charge in [0, 0.05) is 6.54 Å². The number of amides is 1. The van der Waals surface area contributed by atoms with Crippen molar-refractivity contribution in [2.75, 3.05) is 13.4 Å². The second kappa shape index (κ2) is 10.0. The van der Waals surface area contributed by atoms with E-state index < -0.39 is 40.7 Å². The van der Waals surface area contributed by atoms with Crippen molar-refractivity contribution >= 4 is 15.9 Å². The van der Waals surface area contributed by atoms with Crippen LogP contribution in [0.15, 0.2) is 47.4 Å². The van der Waals surface area contributed by atoms with E-state index in [1.54, 1.807) is 12.1 Å². The van der Waals surface area contributed by atoms with Gasteiger partial charge in [-0.2, -0.15) is 0 Å². The number of nitrogens with one attached hydrogen (secondary N) is 2. The summed E-state index contributed by atoms with van der Waals surface area (Å²) in [5, 5.41) is 12.5. The molecule has 33 heavy (non-hydrogen) atoms. The first kappa shape index (κ1) is 23.4. The normalized spacial score (nSPS) is 22.2. The fraction of sp³-hybridized carbons (Fsp3) is 0.409. The van der Waals surface area contributed by atoms with Crippen molar-refractivity contribution in [3.8, 4) is 11.5 Å². The molecule has 2 aromatic rings. The molecular formula is C22H25FN2O7S. The third-order valence-corrected chi connectivity index (χ3v) is 7.04. The Kier molecular flexibility index (Phi) is 7.13. The van der Waals surface area contributed by atoms with E-state index in [1.807, 2.05) is 6.07 Å². The highest BCUT2D eigenvalue weighted by molar-refractivity contribution is 7.89. The van der Waals surface area contributed by atoms with E-state index in [0.717, 1.165) is 17.7 Å². The van der Waals surface area contributed by atoms with Crippen LogP contribution in [-0.4, -0.2) is 51.1 Å². The van der Waals surface area contributed by atoms with Crippen LogP contribution in [0.5, 0.6) is 11.5 Å². The van der Waals surface area contributed by atoms with Crippen molar-refractivity contribution in [2.45, 2.75) is 49.0 Å². The minimum atomic E-state index is -3.99. The molecule has 0 aliphatic carbocycles. The maximum atomic E-state index is 13.4. The minimum Gasteiger partial charge on any atom is -0.454 e. The van der Waals surface area contributed by atoms with Gasteiger partial charge in [-0.3, -0.25) is 4.79 Å². The molecular weight excluding hydrogens is 455 g/mol. The van der Waals surface area contributed by atoms with E-state index in [-0.39, 0.29) is 24.0 Å². The van der Waals surface area contributed by atoms with E-state index in [0.29, 0.717) is 30.9 Å². The zero-order chi connectivity index (χ0) is 23.4. The average molecular weight is 481 g/mol. The van der Waals surface area contributed by atoms with Gasteiger partial charge in [-0.25, -0.2) is 17.5 Å². The Bertz CT molecular complexity index is 1110. The van der Waals surface area contributed by atoms with E-state index in [1.165, 1.54) is 12.1 Å². The fourth-order valence-electron chi connectivity index (χ4n) is 3.85. The topological polar surface area (TPSA) is 123 Å². The van der Waals surface area contributed by atoms with Crippen LogP contribution < -0.4 is 19.5 Å². The van der Waals surface area contributed by atoms with Gasteiger partial charge in [0.2, 0.25) is 22.7 Å². The molecule has 0 unspecified atom stereocenters. The van der Waals surface area contributed by atoms with Gasteiger partial charge in [0.15, 0.2) is 11.5 Å². The monoisotopic (exact) mass is 480 g/mol. The van der Waals surface area contributed by atoms with Crippen molar-refractivity contribution in [3.63, 3.8) is 0 Å². The van der Waals surface area contributed by atoms with Gasteiger partial charge in [0.05, 0.1) is 36.2 Å². The molecule has 11 heteroatoms. The second-order valence-corrected chi connectivity index (χ2v) is 9.62. The van der Waals surface area contributed by atoms with Crippen LogP contribution in [0, 0.1) is 5.82 Å². The highest BCUT2D eigenvalue weighted by atomic mass is 32.2. The van der Waals surface area contributed by atoms with Crippen molar-refractivity contribution in [3.05, 3.63) is 53.8 Å². The molecule has 0 bridgehead atoms. The van der Waals surface area contributed by atoms with Crippen molar-refractivity contribution in [2.24, 2.45) is 0 Å². The number of hydrogen-bond donors (Lipinski definition) is 3. The lowest BCUT2D eigenvalue weighted by atomic mass is 9.98. The summed E-state index contributed by atoms with van der Waals surface area (Å²) in [7, 11) is -3.99. The Balaban J connectivity index is 1.28. The molecule has 178 valence electrons. The van der Waals surface area contributed by atoms with Crippen molar-refractivity contribution in [1.82, 2.24) is 10.0 Å². The Hall–Kier alpha value is -2.73. The van der Waals surface area contributed by atoms with Crippen LogP contribution in [0.25, 0.3) is 0 Å². The molecule has 0 spiro atoms. The number of carbonyl (C=O) groups excluding carboxylic acids is 1. The van der Waals surface area contributed by atoms with Gasteiger partial charge in [0.25, 0.3) is 0 Å². The maximum absolute atomic E-state index is 13.4. The number of aliphatic hydroxyl groups is 1. The molecule has 2 aliphatic rings. The number of carbonyl (C=O) groups is 1. The standard InChI is InChI=1S/C22H25FN2O7S/c23-15-2-1-3-17(9-15)33(28,29)25-18-6-5-16(32-21(18)12-26)10-22(27)24-11-14-4-7-19-20(8-14)31-13-30-19/h1-4,7-9,16,18,21,25-26H,5-6,10-13H2,(H,24,27)/t16-,18-,21-/m1/s1. The summed E-state index contributed by atoms with van der Waals surface area (Å²) in [4.78, 5) is 12.2. The van der Waals surface area contributed by atoms with E-state index in [4.69, 9.17) is 14.2 Å². The first-order chi connectivity index (χ1) is 15.8. The summed E-state index contributed by atoms with van der Waals surface area (Å²) < 4.78 is 57.4. The lowest BCUT2D eigenvalue weighted by molar-refractivity contribution is -0.130. The second-order valence-electron chi connectivity index (χ2n) is 7.91. The Morgan fingerprint density at radius 2 is 1.94 bits per heavy atom. The van der Waals surface area contributed by atoms with Gasteiger partial charge in [-0.05, 0) is 48.7 Å². The molecule has 1 saturated heterocycles. The van der Waals surface area contributed by atoms with Gasteiger partial charge in [-0.15, -0.1) is 0 Å². The highest BCUT2D eigenvalue weighted by Gasteiger charge is 2.34. The molecule has 0 radical (unpaired) electrons. The summed E-state index contributed by atoms with van der Waals surface area (Å²) in [5.74, 6) is 0.407. The number of hydrogen-bond acceptors (Lipinski definition) is 7. The molecule has 0 aromatic heterocycles. The van der Waals surface area contributed by atoms with Crippen LogP contribution >= 0.6 is 0 Å². The Morgan fingerprint density at radius 3 is 2.73 bits per heavy atom. The zero-order valence-electron chi connectivity index (χ0n) is 17.7. The SMILES string of the molecule is O=C(C[C@H]1CC[C@@H](NS(=O)(=O)c2cccc(F)c2)[C@@H](CO)O1)NCc1ccc2c(c1)OCO2. The number of aliphatic hydroxyl groups excluding tert-OH is 1. The Labute approximate surface area is 190 Å². The molecule has 2 aromatic carbocycles. The number of rotatable bonds is 8. The van der Waals surface area contributed by atoms with Gasteiger partial charge in [-0.1, -0.05) is 12.1 Å². The molecule has 3 N–H and O–H groups in total. The van der Waals surface area contributed by atoms with Gasteiger partial charge in [0.1, 0.15) is 5.82 Å². The molecule has 9 nitrogen and oxygen atoms in total. The van der Waals surface area contributed by atoms with Crippen LogP contribution in [0.1, 0.15) is 24.8 Å². The van der Waals surface area contributed by atoms with Crippen LogP contribution in [0.4, 0.5) is 4.39 Å². The van der Waals surface area contributed by atoms with Crippen LogP contribution in [-0.2, 0) is 26.1 Å². The first-order valence-corrected chi connectivity index (χ1v) is 12.0. The molecule has 1 fully saturated rings. The predicted molar refractivity (Wildman–Crippen MR) is 115 cm³/mol. The van der Waals surface area contributed by atoms with E-state index >= 15 is 0 Å². The fourth-order valence-corrected chi connectivity index (χ4v) is 5.18.